The molecule has 1 fully saturated rings. The molecule has 0 spiro atoms. The van der Waals surface area contributed by atoms with Gasteiger partial charge in [-0.2, -0.15) is 0 Å². The van der Waals surface area contributed by atoms with Gasteiger partial charge in [-0.25, -0.2) is 9.36 Å². The lowest BCUT2D eigenvalue weighted by molar-refractivity contribution is -0.0363. The van der Waals surface area contributed by atoms with E-state index in [-0.39, 0.29) is 6.54 Å². The number of aliphatic hydroxyl groups excluding tert-OH is 1. The Morgan fingerprint density at radius 2 is 2.14 bits per heavy atom. The van der Waals surface area contributed by atoms with Gasteiger partial charge in [-0.3, -0.25) is 18.9 Å². The predicted molar refractivity (Wildman–Crippen MR) is 67.2 cm³/mol. The molecule has 2 rings (SSSR count). The molecule has 12 heteroatoms. The average Bonchev–Trinajstić information content (AvgIpc) is 2.65. The van der Waals surface area contributed by atoms with Gasteiger partial charge in [0.25, 0.3) is 5.56 Å². The number of nitrogens with zero attached hydrogens (tertiary/aromatic N) is 1. The Hall–Kier alpha value is -1.33. The zero-order chi connectivity index (χ0) is 15.8. The number of aromatic nitrogens is 2. The summed E-state index contributed by atoms with van der Waals surface area (Å²) in [5, 5.41) is 9.93. The van der Waals surface area contributed by atoms with Crippen LogP contribution in [0.1, 0.15) is 6.23 Å². The molecule has 0 unspecified atom stereocenters. The van der Waals surface area contributed by atoms with Crippen LogP contribution in [0.4, 0.5) is 0 Å². The first-order chi connectivity index (χ1) is 9.73. The summed E-state index contributed by atoms with van der Waals surface area (Å²) in [5.74, 6) is 0. The summed E-state index contributed by atoms with van der Waals surface area (Å²) in [6.45, 7) is -0.156. The van der Waals surface area contributed by atoms with Gasteiger partial charge in [0.2, 0.25) is 0 Å². The van der Waals surface area contributed by atoms with E-state index in [1.807, 2.05) is 4.98 Å². The van der Waals surface area contributed by atoms with Crippen molar-refractivity contribution < 1.29 is 28.7 Å². The quantitative estimate of drug-likeness (QED) is 0.367. The number of nitrogens with two attached hydrogens (primary N) is 1. The molecular formula is C9H14N3O8P. The van der Waals surface area contributed by atoms with Crippen molar-refractivity contribution in [3.63, 3.8) is 0 Å². The van der Waals surface area contributed by atoms with Crippen LogP contribution in [0.2, 0.25) is 0 Å². The van der Waals surface area contributed by atoms with Gasteiger partial charge in [0, 0.05) is 18.8 Å². The first kappa shape index (κ1) is 16.0. The summed E-state index contributed by atoms with van der Waals surface area (Å²) in [7, 11) is -4.94. The molecule has 0 amide bonds. The Balaban J connectivity index is 2.41. The third kappa shape index (κ3) is 3.47. The summed E-state index contributed by atoms with van der Waals surface area (Å²) >= 11 is 0. The van der Waals surface area contributed by atoms with E-state index in [4.69, 9.17) is 20.3 Å². The number of hydrogen-bond acceptors (Lipinski definition) is 7. The van der Waals surface area contributed by atoms with E-state index in [0.717, 1.165) is 16.8 Å². The molecular weight excluding hydrogens is 309 g/mol. The van der Waals surface area contributed by atoms with Crippen molar-refractivity contribution in [2.24, 2.45) is 5.73 Å². The fourth-order valence-corrected chi connectivity index (χ4v) is 2.58. The fourth-order valence-electron chi connectivity index (χ4n) is 2.04. The number of hydrogen-bond donors (Lipinski definition) is 5. The van der Waals surface area contributed by atoms with Crippen molar-refractivity contribution >= 4 is 7.82 Å². The van der Waals surface area contributed by atoms with Crippen LogP contribution < -0.4 is 17.0 Å². The van der Waals surface area contributed by atoms with Gasteiger partial charge in [0.1, 0.15) is 18.3 Å². The average molecular weight is 323 g/mol. The van der Waals surface area contributed by atoms with Gasteiger partial charge in [-0.15, -0.1) is 0 Å². The highest BCUT2D eigenvalue weighted by Crippen LogP contribution is 2.44. The van der Waals surface area contributed by atoms with Crippen LogP contribution in [0, 0.1) is 0 Å². The normalized spacial score (nSPS) is 29.7. The lowest BCUT2D eigenvalue weighted by Crippen LogP contribution is -2.39. The highest BCUT2D eigenvalue weighted by atomic mass is 31.2. The summed E-state index contributed by atoms with van der Waals surface area (Å²) in [4.78, 5) is 42.4. The number of ether oxygens (including phenoxy) is 1. The first-order valence-corrected chi connectivity index (χ1v) is 7.35. The Labute approximate surface area is 117 Å². The van der Waals surface area contributed by atoms with Crippen LogP contribution in [0.5, 0.6) is 0 Å². The Morgan fingerprint density at radius 3 is 2.67 bits per heavy atom. The van der Waals surface area contributed by atoms with Gasteiger partial charge in [0.05, 0.1) is 0 Å². The minimum Gasteiger partial charge on any atom is -0.387 e. The van der Waals surface area contributed by atoms with Crippen molar-refractivity contribution in [1.29, 1.82) is 0 Å². The fraction of sp³-hybridized carbons (Fsp3) is 0.556. The van der Waals surface area contributed by atoms with Crippen molar-refractivity contribution in [3.05, 3.63) is 33.1 Å². The van der Waals surface area contributed by atoms with E-state index in [2.05, 4.69) is 4.52 Å². The Bertz CT molecular complexity index is 665. The second-order valence-corrected chi connectivity index (χ2v) is 5.56. The maximum atomic E-state index is 11.7. The van der Waals surface area contributed by atoms with E-state index in [9.17, 15) is 19.3 Å². The molecule has 6 N–H and O–H groups in total. The summed E-state index contributed by atoms with van der Waals surface area (Å²) in [6, 6.07) is 1.02. The molecule has 0 aliphatic carbocycles. The molecule has 0 radical (unpaired) electrons. The summed E-state index contributed by atoms with van der Waals surface area (Å²) in [6.07, 6.45) is -4.24. The highest BCUT2D eigenvalue weighted by molar-refractivity contribution is 7.46. The van der Waals surface area contributed by atoms with Crippen molar-refractivity contribution in [2.75, 3.05) is 6.54 Å². The number of phosphoric ester groups is 1. The van der Waals surface area contributed by atoms with Gasteiger partial charge < -0.3 is 25.4 Å². The number of aliphatic hydroxyl groups is 1. The zero-order valence-corrected chi connectivity index (χ0v) is 11.4. The zero-order valence-electron chi connectivity index (χ0n) is 10.5. The molecule has 1 aromatic rings. The molecule has 2 heterocycles. The minimum atomic E-state index is -4.94. The van der Waals surface area contributed by atoms with Crippen molar-refractivity contribution in [3.8, 4) is 0 Å². The molecule has 0 bridgehead atoms. The molecule has 118 valence electrons. The maximum absolute atomic E-state index is 11.7. The largest absolute Gasteiger partial charge is 0.470 e. The third-order valence-corrected chi connectivity index (χ3v) is 3.45. The molecule has 1 aliphatic heterocycles. The minimum absolute atomic E-state index is 0.156. The van der Waals surface area contributed by atoms with E-state index in [0.29, 0.717) is 0 Å². The van der Waals surface area contributed by atoms with Crippen LogP contribution in [0.15, 0.2) is 21.9 Å². The number of aromatic amines is 1. The number of phosphoric acid groups is 1. The second-order valence-electron chi connectivity index (χ2n) is 4.37. The Morgan fingerprint density at radius 1 is 1.48 bits per heavy atom. The van der Waals surface area contributed by atoms with Crippen LogP contribution in [0.3, 0.4) is 0 Å². The van der Waals surface area contributed by atoms with Gasteiger partial charge >= 0.3 is 13.5 Å². The topological polar surface area (TPSA) is 177 Å². The van der Waals surface area contributed by atoms with Crippen LogP contribution >= 0.6 is 7.82 Å². The molecule has 1 saturated heterocycles. The number of nitrogens with one attached hydrogen (secondary N) is 1. The molecule has 1 aliphatic rings. The third-order valence-electron chi connectivity index (χ3n) is 2.93. The smallest absolute Gasteiger partial charge is 0.387 e. The summed E-state index contributed by atoms with van der Waals surface area (Å²) < 4.78 is 21.6. The standard InChI is InChI=1S/C9H14N3O8P/c10-3-4-6(14)7(20-21(16,17)18)8(19-4)12-2-1-5(13)11-9(12)15/h1-2,4,6-8,14H,3,10H2,(H,11,13,15)(H2,16,17,18)/t4-,6-,7-,8-/m1/s1. The SMILES string of the molecule is NC[C@H]1O[C@@H](n2ccc(=O)[nH]c2=O)[C@H](OP(=O)(O)O)[C@@H]1O. The Kier molecular flexibility index (Phi) is 4.44. The van der Waals surface area contributed by atoms with Gasteiger partial charge in [0.15, 0.2) is 6.23 Å². The van der Waals surface area contributed by atoms with E-state index >= 15 is 0 Å². The van der Waals surface area contributed by atoms with Gasteiger partial charge in [-0.05, 0) is 0 Å². The van der Waals surface area contributed by atoms with Crippen LogP contribution in [-0.2, 0) is 13.8 Å². The molecule has 0 aromatic carbocycles. The van der Waals surface area contributed by atoms with Crippen LogP contribution in [-0.4, -0.2) is 49.3 Å². The second kappa shape index (κ2) is 5.81. The van der Waals surface area contributed by atoms with Crippen molar-refractivity contribution in [1.82, 2.24) is 9.55 Å². The van der Waals surface area contributed by atoms with Crippen LogP contribution in [0.25, 0.3) is 0 Å². The van der Waals surface area contributed by atoms with E-state index in [1.54, 1.807) is 0 Å². The number of H-pyrrole nitrogens is 1. The summed E-state index contributed by atoms with van der Waals surface area (Å²) in [5.41, 5.74) is 3.84. The lowest BCUT2D eigenvalue weighted by atomic mass is 10.1. The number of rotatable bonds is 4. The predicted octanol–water partition coefficient (Wildman–Crippen LogP) is -2.77. The van der Waals surface area contributed by atoms with Gasteiger partial charge in [-0.1, -0.05) is 0 Å². The molecule has 0 saturated carbocycles. The highest BCUT2D eigenvalue weighted by Gasteiger charge is 2.48. The van der Waals surface area contributed by atoms with E-state index in [1.165, 1.54) is 0 Å². The first-order valence-electron chi connectivity index (χ1n) is 5.82. The molecule has 21 heavy (non-hydrogen) atoms. The monoisotopic (exact) mass is 323 g/mol. The molecule has 4 atom stereocenters. The molecule has 1 aromatic heterocycles. The molecule has 11 nitrogen and oxygen atoms in total. The lowest BCUT2D eigenvalue weighted by Gasteiger charge is -2.22. The van der Waals surface area contributed by atoms with E-state index < -0.39 is 43.6 Å². The van der Waals surface area contributed by atoms with Crippen molar-refractivity contribution in [2.45, 2.75) is 24.5 Å². The maximum Gasteiger partial charge on any atom is 0.470 e.